The summed E-state index contributed by atoms with van der Waals surface area (Å²) >= 11 is 0. The van der Waals surface area contributed by atoms with Crippen molar-refractivity contribution in [2.75, 3.05) is 7.05 Å². The van der Waals surface area contributed by atoms with Crippen LogP contribution in [-0.2, 0) is 10.0 Å². The van der Waals surface area contributed by atoms with E-state index in [2.05, 4.69) is 14.7 Å². The fourth-order valence-electron chi connectivity index (χ4n) is 0.515. The molecule has 0 radical (unpaired) electrons. The van der Waals surface area contributed by atoms with Gasteiger partial charge in [-0.3, -0.25) is 0 Å². The van der Waals surface area contributed by atoms with Gasteiger partial charge in [-0.2, -0.15) is 0 Å². The van der Waals surface area contributed by atoms with E-state index >= 15 is 0 Å². The molecule has 0 saturated carbocycles. The Kier molecular flexibility index (Phi) is 2.16. The van der Waals surface area contributed by atoms with Crippen molar-refractivity contribution in [3.05, 3.63) is 18.5 Å². The van der Waals surface area contributed by atoms with Gasteiger partial charge in [-0.15, -0.1) is 0 Å². The van der Waals surface area contributed by atoms with Gasteiger partial charge in [-0.05, 0) is 13.1 Å². The highest BCUT2D eigenvalue weighted by atomic mass is 32.2. The zero-order chi connectivity index (χ0) is 8.32. The highest BCUT2D eigenvalue weighted by Crippen LogP contribution is 1.95. The Morgan fingerprint density at radius 1 is 1.36 bits per heavy atom. The van der Waals surface area contributed by atoms with Crippen molar-refractivity contribution in [1.29, 1.82) is 0 Å². The second-order valence-electron chi connectivity index (χ2n) is 1.74. The first-order valence-corrected chi connectivity index (χ1v) is 4.36. The molecule has 0 bridgehead atoms. The van der Waals surface area contributed by atoms with Crippen LogP contribution in [0.1, 0.15) is 0 Å². The maximum atomic E-state index is 11.0. The molecule has 0 aliphatic carbocycles. The Hall–Kier alpha value is -1.01. The molecule has 0 aromatic carbocycles. The van der Waals surface area contributed by atoms with Gasteiger partial charge in [0.05, 0.1) is 0 Å². The minimum atomic E-state index is -3.47. The summed E-state index contributed by atoms with van der Waals surface area (Å²) in [6.07, 6.45) is 2.74. The van der Waals surface area contributed by atoms with Crippen LogP contribution in [0.5, 0.6) is 0 Å². The van der Waals surface area contributed by atoms with E-state index in [1.807, 2.05) is 0 Å². The minimum absolute atomic E-state index is 0.206. The molecule has 0 fully saturated rings. The lowest BCUT2D eigenvalue weighted by Gasteiger charge is -1.97. The molecule has 0 amide bonds. The van der Waals surface area contributed by atoms with Crippen molar-refractivity contribution in [3.8, 4) is 0 Å². The highest BCUT2D eigenvalue weighted by molar-refractivity contribution is 7.89. The Morgan fingerprint density at radius 3 is 2.36 bits per heavy atom. The third-order valence-corrected chi connectivity index (χ3v) is 2.28. The van der Waals surface area contributed by atoms with Gasteiger partial charge in [-0.25, -0.2) is 23.1 Å². The zero-order valence-electron chi connectivity index (χ0n) is 5.85. The molecule has 0 unspecified atom stereocenters. The zero-order valence-corrected chi connectivity index (χ0v) is 6.67. The Balaban J connectivity index is 3.14. The van der Waals surface area contributed by atoms with E-state index in [0.29, 0.717) is 0 Å². The third kappa shape index (κ3) is 1.72. The standard InChI is InChI=1S/C5H7N3O2S/c1-6-11(9,10)5-7-3-2-4-8-5/h2-4,6H,1H3. The predicted molar refractivity (Wildman–Crippen MR) is 38.3 cm³/mol. The maximum Gasteiger partial charge on any atom is 0.276 e. The predicted octanol–water partition coefficient (Wildman–Crippen LogP) is -0.615. The quantitative estimate of drug-likeness (QED) is 0.605. The third-order valence-electron chi connectivity index (χ3n) is 1.05. The van der Waals surface area contributed by atoms with Crippen molar-refractivity contribution in [1.82, 2.24) is 14.7 Å². The average Bonchev–Trinajstić information content (AvgIpc) is 2.06. The van der Waals surface area contributed by atoms with Crippen LogP contribution in [0.15, 0.2) is 23.6 Å². The van der Waals surface area contributed by atoms with Crippen molar-refractivity contribution >= 4 is 10.0 Å². The molecule has 1 rings (SSSR count). The lowest BCUT2D eigenvalue weighted by molar-refractivity contribution is 0.578. The number of sulfonamides is 1. The van der Waals surface area contributed by atoms with E-state index in [1.54, 1.807) is 6.07 Å². The topological polar surface area (TPSA) is 72.0 Å². The molecule has 0 aliphatic heterocycles. The van der Waals surface area contributed by atoms with Gasteiger partial charge in [0.25, 0.3) is 15.2 Å². The van der Waals surface area contributed by atoms with Crippen LogP contribution in [0, 0.1) is 0 Å². The van der Waals surface area contributed by atoms with Crippen molar-refractivity contribution in [2.24, 2.45) is 0 Å². The summed E-state index contributed by atoms with van der Waals surface area (Å²) < 4.78 is 24.0. The van der Waals surface area contributed by atoms with Crippen LogP contribution in [0.2, 0.25) is 0 Å². The summed E-state index contributed by atoms with van der Waals surface area (Å²) in [5, 5.41) is -0.206. The van der Waals surface area contributed by atoms with Gasteiger partial charge in [0.2, 0.25) is 0 Å². The number of aromatic nitrogens is 2. The molecular weight excluding hydrogens is 166 g/mol. The molecule has 1 heterocycles. The van der Waals surface area contributed by atoms with E-state index in [9.17, 15) is 8.42 Å². The van der Waals surface area contributed by atoms with Gasteiger partial charge in [-0.1, -0.05) is 0 Å². The highest BCUT2D eigenvalue weighted by Gasteiger charge is 2.12. The van der Waals surface area contributed by atoms with Crippen LogP contribution in [0.4, 0.5) is 0 Å². The second-order valence-corrected chi connectivity index (χ2v) is 3.52. The monoisotopic (exact) mass is 173 g/mol. The van der Waals surface area contributed by atoms with Gasteiger partial charge < -0.3 is 0 Å². The summed E-state index contributed by atoms with van der Waals surface area (Å²) in [6.45, 7) is 0. The molecule has 0 saturated heterocycles. The Bertz CT molecular complexity index is 321. The van der Waals surface area contributed by atoms with Crippen LogP contribution in [-0.4, -0.2) is 25.4 Å². The lowest BCUT2D eigenvalue weighted by Crippen LogP contribution is -2.20. The summed E-state index contributed by atoms with van der Waals surface area (Å²) in [4.78, 5) is 7.12. The van der Waals surface area contributed by atoms with Gasteiger partial charge in [0.1, 0.15) is 0 Å². The average molecular weight is 173 g/mol. The number of hydrogen-bond acceptors (Lipinski definition) is 4. The lowest BCUT2D eigenvalue weighted by atomic mass is 10.7. The maximum absolute atomic E-state index is 11.0. The molecule has 0 aliphatic rings. The van der Waals surface area contributed by atoms with E-state index in [4.69, 9.17) is 0 Å². The second kappa shape index (κ2) is 2.93. The van der Waals surface area contributed by atoms with Crippen LogP contribution >= 0.6 is 0 Å². The van der Waals surface area contributed by atoms with Gasteiger partial charge in [0, 0.05) is 12.4 Å². The van der Waals surface area contributed by atoms with Crippen LogP contribution < -0.4 is 4.72 Å². The Labute approximate surface area is 64.5 Å². The Morgan fingerprint density at radius 2 is 1.91 bits per heavy atom. The SMILES string of the molecule is CNS(=O)(=O)c1ncccn1. The first kappa shape index (κ1) is 8.09. The minimum Gasteiger partial charge on any atom is -0.226 e. The normalized spacial score (nSPS) is 11.4. The molecule has 6 heteroatoms. The molecule has 11 heavy (non-hydrogen) atoms. The van der Waals surface area contributed by atoms with E-state index in [1.165, 1.54) is 19.4 Å². The van der Waals surface area contributed by atoms with E-state index < -0.39 is 10.0 Å². The number of hydrogen-bond donors (Lipinski definition) is 1. The van der Waals surface area contributed by atoms with Crippen LogP contribution in [0.3, 0.4) is 0 Å². The molecule has 0 spiro atoms. The molecular formula is C5H7N3O2S. The first-order valence-electron chi connectivity index (χ1n) is 2.87. The number of nitrogens with zero attached hydrogens (tertiary/aromatic N) is 2. The molecule has 1 N–H and O–H groups in total. The summed E-state index contributed by atoms with van der Waals surface area (Å²) in [7, 11) is -2.16. The number of rotatable bonds is 2. The largest absolute Gasteiger partial charge is 0.276 e. The number of nitrogens with one attached hydrogen (secondary N) is 1. The molecule has 5 nitrogen and oxygen atoms in total. The van der Waals surface area contributed by atoms with E-state index in [0.717, 1.165) is 0 Å². The molecule has 0 atom stereocenters. The first-order chi connectivity index (χ1) is 5.17. The fraction of sp³-hybridized carbons (Fsp3) is 0.200. The summed E-state index contributed by atoms with van der Waals surface area (Å²) in [5.41, 5.74) is 0. The van der Waals surface area contributed by atoms with Gasteiger partial charge >= 0.3 is 0 Å². The van der Waals surface area contributed by atoms with Crippen molar-refractivity contribution in [2.45, 2.75) is 5.16 Å². The van der Waals surface area contributed by atoms with Crippen LogP contribution in [0.25, 0.3) is 0 Å². The fourth-order valence-corrected chi connectivity index (χ4v) is 1.10. The van der Waals surface area contributed by atoms with Crippen molar-refractivity contribution in [3.63, 3.8) is 0 Å². The smallest absolute Gasteiger partial charge is 0.226 e. The van der Waals surface area contributed by atoms with E-state index in [-0.39, 0.29) is 5.16 Å². The summed E-state index contributed by atoms with van der Waals surface area (Å²) in [6, 6.07) is 1.55. The summed E-state index contributed by atoms with van der Waals surface area (Å²) in [5.74, 6) is 0. The van der Waals surface area contributed by atoms with Gasteiger partial charge in [0.15, 0.2) is 0 Å². The molecule has 1 aromatic rings. The molecule has 1 aromatic heterocycles. The van der Waals surface area contributed by atoms with Crippen molar-refractivity contribution < 1.29 is 8.42 Å². The molecule has 60 valence electrons.